The van der Waals surface area contributed by atoms with Crippen molar-refractivity contribution in [3.63, 3.8) is 0 Å². The van der Waals surface area contributed by atoms with E-state index < -0.39 is 0 Å². The van der Waals surface area contributed by atoms with E-state index >= 15 is 0 Å². The van der Waals surface area contributed by atoms with Gasteiger partial charge in [-0.25, -0.2) is 14.4 Å². The van der Waals surface area contributed by atoms with Gasteiger partial charge in [0.15, 0.2) is 5.82 Å². The van der Waals surface area contributed by atoms with Gasteiger partial charge < -0.3 is 4.74 Å². The van der Waals surface area contributed by atoms with Crippen LogP contribution in [0.2, 0.25) is 0 Å². The van der Waals surface area contributed by atoms with Crippen LogP contribution in [0.3, 0.4) is 0 Å². The first-order chi connectivity index (χ1) is 15.7. The van der Waals surface area contributed by atoms with E-state index in [4.69, 9.17) is 9.72 Å². The lowest BCUT2D eigenvalue weighted by atomic mass is 10.1. The fourth-order valence-corrected chi connectivity index (χ4v) is 3.96. The maximum atomic E-state index is 13.7. The standard InChI is InChI=1S/C25H22FN5O/c1-32-24-7-5-20(26)11-21(24)23-6-4-17(12-28-23)15-31-10-8-22-19(16-31)14-29-25(30-22)18-3-2-9-27-13-18/h2-7,9,11-14H,8,10,15-16H2,1H3. The molecule has 6 nitrogen and oxygen atoms in total. The summed E-state index contributed by atoms with van der Waals surface area (Å²) >= 11 is 0. The number of aromatic nitrogens is 4. The van der Waals surface area contributed by atoms with Crippen LogP contribution in [0.25, 0.3) is 22.6 Å². The normalized spacial score (nSPS) is 13.6. The maximum Gasteiger partial charge on any atom is 0.160 e. The van der Waals surface area contributed by atoms with Gasteiger partial charge in [0.05, 0.1) is 18.5 Å². The van der Waals surface area contributed by atoms with E-state index in [0.29, 0.717) is 17.0 Å². The summed E-state index contributed by atoms with van der Waals surface area (Å²) in [5.74, 6) is 1.01. The molecular formula is C25H22FN5O. The Kier molecular flexibility index (Phi) is 5.56. The van der Waals surface area contributed by atoms with Gasteiger partial charge in [-0.15, -0.1) is 0 Å². The largest absolute Gasteiger partial charge is 0.496 e. The van der Waals surface area contributed by atoms with E-state index in [1.54, 1.807) is 25.6 Å². The Morgan fingerprint density at radius 2 is 2.00 bits per heavy atom. The third-order valence-corrected chi connectivity index (χ3v) is 5.60. The Labute approximate surface area is 185 Å². The second-order valence-corrected chi connectivity index (χ2v) is 7.76. The van der Waals surface area contributed by atoms with Crippen LogP contribution in [0.5, 0.6) is 5.75 Å². The molecule has 0 saturated carbocycles. The zero-order chi connectivity index (χ0) is 21.9. The molecule has 0 bridgehead atoms. The fraction of sp³-hybridized carbons (Fsp3) is 0.200. The Bertz CT molecular complexity index is 1230. The minimum Gasteiger partial charge on any atom is -0.496 e. The highest BCUT2D eigenvalue weighted by molar-refractivity contribution is 5.67. The van der Waals surface area contributed by atoms with Crippen molar-refractivity contribution in [3.8, 4) is 28.4 Å². The summed E-state index contributed by atoms with van der Waals surface area (Å²) in [6, 6.07) is 12.3. The molecule has 4 heterocycles. The third kappa shape index (κ3) is 4.20. The highest BCUT2D eigenvalue weighted by atomic mass is 19.1. The molecule has 160 valence electrons. The van der Waals surface area contributed by atoms with Gasteiger partial charge in [-0.1, -0.05) is 6.07 Å². The SMILES string of the molecule is COc1ccc(F)cc1-c1ccc(CN2CCc3nc(-c4cccnc4)ncc3C2)cn1. The topological polar surface area (TPSA) is 64.0 Å². The number of rotatable bonds is 5. The molecule has 0 saturated heterocycles. The van der Waals surface area contributed by atoms with Gasteiger partial charge in [0.1, 0.15) is 11.6 Å². The molecule has 0 unspecified atom stereocenters. The number of benzene rings is 1. The van der Waals surface area contributed by atoms with Crippen LogP contribution in [-0.2, 0) is 19.5 Å². The second-order valence-electron chi connectivity index (χ2n) is 7.76. The molecular weight excluding hydrogens is 405 g/mol. The molecule has 0 atom stereocenters. The van der Waals surface area contributed by atoms with Gasteiger partial charge in [0, 0.05) is 67.5 Å². The summed E-state index contributed by atoms with van der Waals surface area (Å²) < 4.78 is 19.0. The number of nitrogens with zero attached hydrogens (tertiary/aromatic N) is 5. The number of halogens is 1. The molecule has 7 heteroatoms. The van der Waals surface area contributed by atoms with Crippen molar-refractivity contribution in [1.82, 2.24) is 24.8 Å². The van der Waals surface area contributed by atoms with Gasteiger partial charge in [-0.2, -0.15) is 0 Å². The smallest absolute Gasteiger partial charge is 0.160 e. The molecule has 1 aromatic carbocycles. The summed E-state index contributed by atoms with van der Waals surface area (Å²) in [4.78, 5) is 20.4. The number of pyridine rings is 2. The second kappa shape index (κ2) is 8.80. The molecule has 4 aromatic rings. The number of hydrogen-bond acceptors (Lipinski definition) is 6. The zero-order valence-electron chi connectivity index (χ0n) is 17.7. The molecule has 0 spiro atoms. The van der Waals surface area contributed by atoms with Crippen LogP contribution in [-0.4, -0.2) is 38.5 Å². The van der Waals surface area contributed by atoms with E-state index in [2.05, 4.69) is 19.9 Å². The average molecular weight is 427 g/mol. The summed E-state index contributed by atoms with van der Waals surface area (Å²) in [7, 11) is 1.57. The highest BCUT2D eigenvalue weighted by Gasteiger charge is 2.19. The Morgan fingerprint density at radius 3 is 2.78 bits per heavy atom. The van der Waals surface area contributed by atoms with Crippen LogP contribution >= 0.6 is 0 Å². The molecule has 0 N–H and O–H groups in total. The predicted molar refractivity (Wildman–Crippen MR) is 119 cm³/mol. The molecule has 0 aliphatic carbocycles. The Hall–Kier alpha value is -3.71. The molecule has 1 aliphatic rings. The van der Waals surface area contributed by atoms with Gasteiger partial charge in [-0.05, 0) is 42.0 Å². The summed E-state index contributed by atoms with van der Waals surface area (Å²) in [5.41, 5.74) is 5.61. The first-order valence-electron chi connectivity index (χ1n) is 10.5. The summed E-state index contributed by atoms with van der Waals surface area (Å²) in [6.07, 6.45) is 8.17. The molecule has 1 aliphatic heterocycles. The lowest BCUT2D eigenvalue weighted by molar-refractivity contribution is 0.242. The monoisotopic (exact) mass is 427 g/mol. The van der Waals surface area contributed by atoms with E-state index in [0.717, 1.165) is 54.3 Å². The minimum absolute atomic E-state index is 0.312. The molecule has 3 aromatic heterocycles. The predicted octanol–water partition coefficient (Wildman–Crippen LogP) is 4.31. The van der Waals surface area contributed by atoms with Gasteiger partial charge in [0.2, 0.25) is 0 Å². The summed E-state index contributed by atoms with van der Waals surface area (Å²) in [6.45, 7) is 2.48. The Morgan fingerprint density at radius 1 is 1.06 bits per heavy atom. The first kappa shape index (κ1) is 20.2. The maximum absolute atomic E-state index is 13.7. The van der Waals surface area contributed by atoms with Gasteiger partial charge in [0.25, 0.3) is 0 Å². The van der Waals surface area contributed by atoms with Crippen LogP contribution < -0.4 is 4.74 Å². The molecule has 5 rings (SSSR count). The van der Waals surface area contributed by atoms with Crippen molar-refractivity contribution in [1.29, 1.82) is 0 Å². The fourth-order valence-electron chi connectivity index (χ4n) is 3.96. The van der Waals surface area contributed by atoms with Crippen LogP contribution in [0, 0.1) is 5.82 Å². The van der Waals surface area contributed by atoms with Gasteiger partial charge in [-0.3, -0.25) is 14.9 Å². The van der Waals surface area contributed by atoms with Gasteiger partial charge >= 0.3 is 0 Å². The van der Waals surface area contributed by atoms with Crippen molar-refractivity contribution in [3.05, 3.63) is 89.9 Å². The average Bonchev–Trinajstić information content (AvgIpc) is 2.85. The van der Waals surface area contributed by atoms with Crippen LogP contribution in [0.1, 0.15) is 16.8 Å². The van der Waals surface area contributed by atoms with Crippen LogP contribution in [0.15, 0.2) is 67.3 Å². The Balaban J connectivity index is 1.29. The zero-order valence-corrected chi connectivity index (χ0v) is 17.7. The van der Waals surface area contributed by atoms with Crippen molar-refractivity contribution in [2.45, 2.75) is 19.5 Å². The van der Waals surface area contributed by atoms with Crippen molar-refractivity contribution in [2.75, 3.05) is 13.7 Å². The molecule has 0 fully saturated rings. The number of fused-ring (bicyclic) bond motifs is 1. The third-order valence-electron chi connectivity index (χ3n) is 5.60. The summed E-state index contributed by atoms with van der Waals surface area (Å²) in [5, 5.41) is 0. The number of hydrogen-bond donors (Lipinski definition) is 0. The number of methoxy groups -OCH3 is 1. The van der Waals surface area contributed by atoms with E-state index in [1.165, 1.54) is 12.1 Å². The lowest BCUT2D eigenvalue weighted by Crippen LogP contribution is -2.31. The lowest BCUT2D eigenvalue weighted by Gasteiger charge is -2.28. The minimum atomic E-state index is -0.312. The van der Waals surface area contributed by atoms with Crippen molar-refractivity contribution in [2.24, 2.45) is 0 Å². The van der Waals surface area contributed by atoms with Crippen LogP contribution in [0.4, 0.5) is 4.39 Å². The van der Waals surface area contributed by atoms with Crippen molar-refractivity contribution < 1.29 is 9.13 Å². The molecule has 32 heavy (non-hydrogen) atoms. The highest BCUT2D eigenvalue weighted by Crippen LogP contribution is 2.29. The van der Waals surface area contributed by atoms with E-state index in [9.17, 15) is 4.39 Å². The molecule has 0 amide bonds. The first-order valence-corrected chi connectivity index (χ1v) is 10.5. The molecule has 0 radical (unpaired) electrons. The van der Waals surface area contributed by atoms with Crippen molar-refractivity contribution >= 4 is 0 Å². The van der Waals surface area contributed by atoms with E-state index in [1.807, 2.05) is 36.7 Å². The quantitative estimate of drug-likeness (QED) is 0.473. The van der Waals surface area contributed by atoms with E-state index in [-0.39, 0.29) is 5.82 Å². The number of ether oxygens (including phenoxy) is 1.